The van der Waals surface area contributed by atoms with Crippen molar-refractivity contribution in [3.8, 4) is 0 Å². The molecule has 0 aromatic heterocycles. The normalized spacial score (nSPS) is 14.7. The molecule has 26 heavy (non-hydrogen) atoms. The number of carboxylic acid groups (broad SMARTS) is 1. The highest BCUT2D eigenvalue weighted by Gasteiger charge is 2.27. The number of nitrogens with zero attached hydrogens (tertiary/aromatic N) is 1. The molecule has 0 saturated carbocycles. The van der Waals surface area contributed by atoms with Crippen molar-refractivity contribution in [3.63, 3.8) is 0 Å². The Morgan fingerprint density at radius 1 is 1.19 bits per heavy atom. The molecule has 3 N–H and O–H groups in total. The molecule has 1 amide bonds. The van der Waals surface area contributed by atoms with Gasteiger partial charge in [-0.25, -0.2) is 0 Å². The molecule has 1 aliphatic rings. The van der Waals surface area contributed by atoms with Crippen LogP contribution in [0, 0.1) is 0 Å². The molecule has 7 heteroatoms. The Labute approximate surface area is 161 Å². The molecular formula is C19H18Cl2N2O3. The Hall–Kier alpha value is -2.08. The zero-order valence-corrected chi connectivity index (χ0v) is 15.4. The molecule has 0 radical (unpaired) electrons. The lowest BCUT2D eigenvalue weighted by atomic mass is 9.96. The fourth-order valence-corrected chi connectivity index (χ4v) is 3.73. The number of carboxylic acids is 1. The van der Waals surface area contributed by atoms with Gasteiger partial charge in [0.2, 0.25) is 0 Å². The number of carbonyl (C=O) groups excluding carboxylic acids is 1. The van der Waals surface area contributed by atoms with Crippen molar-refractivity contribution in [1.82, 2.24) is 0 Å². The average molecular weight is 393 g/mol. The van der Waals surface area contributed by atoms with Crippen molar-refractivity contribution in [2.45, 2.75) is 25.3 Å². The largest absolute Gasteiger partial charge is 0.480 e. The number of amides is 1. The van der Waals surface area contributed by atoms with E-state index >= 15 is 0 Å². The zero-order chi connectivity index (χ0) is 18.8. The van der Waals surface area contributed by atoms with Gasteiger partial charge in [0.05, 0.1) is 15.6 Å². The monoisotopic (exact) mass is 392 g/mol. The molecular weight excluding hydrogens is 375 g/mol. The van der Waals surface area contributed by atoms with Gasteiger partial charge in [0.15, 0.2) is 0 Å². The van der Waals surface area contributed by atoms with Crippen LogP contribution in [0.1, 0.15) is 27.9 Å². The predicted octanol–water partition coefficient (Wildman–Crippen LogP) is 3.54. The van der Waals surface area contributed by atoms with Crippen LogP contribution in [0.2, 0.25) is 10.0 Å². The summed E-state index contributed by atoms with van der Waals surface area (Å²) >= 11 is 12.4. The molecule has 5 nitrogen and oxygen atoms in total. The number of benzene rings is 2. The van der Waals surface area contributed by atoms with Gasteiger partial charge in [-0.05, 0) is 48.6 Å². The lowest BCUT2D eigenvalue weighted by Crippen LogP contribution is -2.36. The molecule has 0 saturated heterocycles. The molecule has 2 aromatic carbocycles. The summed E-state index contributed by atoms with van der Waals surface area (Å²) in [7, 11) is 0. The van der Waals surface area contributed by atoms with Crippen molar-refractivity contribution < 1.29 is 14.7 Å². The molecule has 2 aromatic rings. The summed E-state index contributed by atoms with van der Waals surface area (Å²) in [6.45, 7) is 0.571. The van der Waals surface area contributed by atoms with Crippen molar-refractivity contribution in [2.24, 2.45) is 5.73 Å². The van der Waals surface area contributed by atoms with Gasteiger partial charge in [0.1, 0.15) is 6.04 Å². The number of aliphatic carboxylic acids is 1. The zero-order valence-electron chi connectivity index (χ0n) is 13.9. The highest BCUT2D eigenvalue weighted by molar-refractivity contribution is 6.40. The Bertz CT molecular complexity index is 850. The van der Waals surface area contributed by atoms with E-state index in [1.165, 1.54) is 0 Å². The molecule has 1 atom stereocenters. The third-order valence-electron chi connectivity index (χ3n) is 4.46. The Morgan fingerprint density at radius 2 is 1.88 bits per heavy atom. The number of carbonyl (C=O) groups is 2. The molecule has 3 rings (SSSR count). The van der Waals surface area contributed by atoms with E-state index < -0.39 is 12.0 Å². The van der Waals surface area contributed by atoms with E-state index in [1.807, 2.05) is 12.1 Å². The molecule has 0 unspecified atom stereocenters. The molecule has 0 bridgehead atoms. The third kappa shape index (κ3) is 3.70. The van der Waals surface area contributed by atoms with Crippen molar-refractivity contribution >= 4 is 40.8 Å². The second kappa shape index (κ2) is 7.66. The van der Waals surface area contributed by atoms with Gasteiger partial charge in [-0.2, -0.15) is 0 Å². The highest BCUT2D eigenvalue weighted by atomic mass is 35.5. The summed E-state index contributed by atoms with van der Waals surface area (Å²) in [6.07, 6.45) is 1.85. The Kier molecular flexibility index (Phi) is 5.51. The van der Waals surface area contributed by atoms with Crippen molar-refractivity contribution in [1.29, 1.82) is 0 Å². The van der Waals surface area contributed by atoms with E-state index in [-0.39, 0.29) is 12.3 Å². The van der Waals surface area contributed by atoms with E-state index in [2.05, 4.69) is 0 Å². The van der Waals surface area contributed by atoms with Crippen LogP contribution in [0.15, 0.2) is 36.4 Å². The van der Waals surface area contributed by atoms with Crippen LogP contribution in [0.4, 0.5) is 5.69 Å². The number of fused-ring (bicyclic) bond motifs is 1. The SMILES string of the molecule is N[C@@H](Cc1ccc2c(c1)CCCN2C(=O)c1c(Cl)cccc1Cl)C(=O)O. The molecule has 1 heterocycles. The van der Waals surface area contributed by atoms with Crippen LogP contribution in [0.3, 0.4) is 0 Å². The third-order valence-corrected chi connectivity index (χ3v) is 5.09. The summed E-state index contributed by atoms with van der Waals surface area (Å²) in [4.78, 5) is 25.6. The van der Waals surface area contributed by atoms with Crippen LogP contribution in [-0.2, 0) is 17.6 Å². The van der Waals surface area contributed by atoms with E-state index in [1.54, 1.807) is 29.2 Å². The van der Waals surface area contributed by atoms with Gasteiger partial charge >= 0.3 is 5.97 Å². The van der Waals surface area contributed by atoms with Gasteiger partial charge in [-0.3, -0.25) is 9.59 Å². The summed E-state index contributed by atoms with van der Waals surface area (Å²) in [5.74, 6) is -1.27. The number of rotatable bonds is 4. The predicted molar refractivity (Wildman–Crippen MR) is 102 cm³/mol. The minimum absolute atomic E-state index is 0.239. The van der Waals surface area contributed by atoms with Crippen LogP contribution in [0.5, 0.6) is 0 Å². The standard InChI is InChI=1S/C19H18Cl2N2O3/c20-13-4-1-5-14(21)17(13)18(24)23-8-2-3-12-9-11(6-7-16(12)23)10-15(22)19(25)26/h1,4-7,9,15H,2-3,8,10,22H2,(H,25,26)/t15-/m0/s1. The number of hydrogen-bond donors (Lipinski definition) is 2. The maximum Gasteiger partial charge on any atom is 0.320 e. The second-order valence-electron chi connectivity index (χ2n) is 6.27. The van der Waals surface area contributed by atoms with E-state index in [9.17, 15) is 9.59 Å². The topological polar surface area (TPSA) is 83.6 Å². The first-order chi connectivity index (χ1) is 12.4. The van der Waals surface area contributed by atoms with E-state index in [0.29, 0.717) is 22.2 Å². The van der Waals surface area contributed by atoms with E-state index in [0.717, 1.165) is 29.7 Å². The van der Waals surface area contributed by atoms with Gasteiger partial charge < -0.3 is 15.7 Å². The molecule has 1 aliphatic heterocycles. The smallest absolute Gasteiger partial charge is 0.320 e. The van der Waals surface area contributed by atoms with Crippen LogP contribution in [0.25, 0.3) is 0 Å². The van der Waals surface area contributed by atoms with Gasteiger partial charge in [0.25, 0.3) is 5.91 Å². The van der Waals surface area contributed by atoms with Gasteiger partial charge in [0, 0.05) is 12.2 Å². The maximum atomic E-state index is 13.0. The minimum atomic E-state index is -1.03. The summed E-state index contributed by atoms with van der Waals surface area (Å²) in [6, 6.07) is 9.60. The lowest BCUT2D eigenvalue weighted by Gasteiger charge is -2.30. The number of aryl methyl sites for hydroxylation is 1. The van der Waals surface area contributed by atoms with Crippen LogP contribution >= 0.6 is 23.2 Å². The second-order valence-corrected chi connectivity index (χ2v) is 7.08. The first kappa shape index (κ1) is 18.7. The van der Waals surface area contributed by atoms with Gasteiger partial charge in [-0.1, -0.05) is 41.4 Å². The summed E-state index contributed by atoms with van der Waals surface area (Å²) in [5.41, 5.74) is 8.53. The minimum Gasteiger partial charge on any atom is -0.480 e. The molecule has 0 fully saturated rings. The highest BCUT2D eigenvalue weighted by Crippen LogP contribution is 2.33. The Morgan fingerprint density at radius 3 is 2.54 bits per heavy atom. The first-order valence-corrected chi connectivity index (χ1v) is 9.00. The fraction of sp³-hybridized carbons (Fsp3) is 0.263. The lowest BCUT2D eigenvalue weighted by molar-refractivity contribution is -0.138. The van der Waals surface area contributed by atoms with Crippen LogP contribution in [-0.4, -0.2) is 29.6 Å². The average Bonchev–Trinajstić information content (AvgIpc) is 2.60. The molecule has 136 valence electrons. The number of halogens is 2. The number of anilines is 1. The van der Waals surface area contributed by atoms with Crippen molar-refractivity contribution in [3.05, 3.63) is 63.1 Å². The Balaban J connectivity index is 1.92. The van der Waals surface area contributed by atoms with E-state index in [4.69, 9.17) is 34.0 Å². The molecule has 0 aliphatic carbocycles. The fourth-order valence-electron chi connectivity index (χ4n) is 3.17. The quantitative estimate of drug-likeness (QED) is 0.833. The summed E-state index contributed by atoms with van der Waals surface area (Å²) in [5, 5.41) is 9.61. The number of hydrogen-bond acceptors (Lipinski definition) is 3. The summed E-state index contributed by atoms with van der Waals surface area (Å²) < 4.78 is 0. The van der Waals surface area contributed by atoms with Gasteiger partial charge in [-0.15, -0.1) is 0 Å². The number of nitrogens with two attached hydrogens (primary N) is 1. The first-order valence-electron chi connectivity index (χ1n) is 8.24. The molecule has 0 spiro atoms. The van der Waals surface area contributed by atoms with Crippen molar-refractivity contribution in [2.75, 3.05) is 11.4 Å². The van der Waals surface area contributed by atoms with Crippen LogP contribution < -0.4 is 10.6 Å². The maximum absolute atomic E-state index is 13.0.